The van der Waals surface area contributed by atoms with E-state index in [-0.39, 0.29) is 6.54 Å². The minimum Gasteiger partial charge on any atom is -0.374 e. The number of hydrogen-bond acceptors (Lipinski definition) is 3. The molecule has 1 aromatic heterocycles. The number of hydrogen-bond donors (Lipinski definition) is 2. The predicted molar refractivity (Wildman–Crippen MR) is 80.9 cm³/mol. The maximum atomic E-state index is 13.3. The highest BCUT2D eigenvalue weighted by Crippen LogP contribution is 2.40. The molecule has 1 heterocycles. The molecule has 1 atom stereocenters. The summed E-state index contributed by atoms with van der Waals surface area (Å²) in [6.45, 7) is 0.0545. The summed E-state index contributed by atoms with van der Waals surface area (Å²) in [6, 6.07) is 5.53. The number of rotatable bonds is 6. The second-order valence-corrected chi connectivity index (χ2v) is 5.62. The number of nitrogens with zero attached hydrogens (tertiary/aromatic N) is 2. The van der Waals surface area contributed by atoms with Gasteiger partial charge in [-0.05, 0) is 24.1 Å². The van der Waals surface area contributed by atoms with Crippen LogP contribution < -0.4 is 5.32 Å². The first kappa shape index (κ1) is 18.9. The Labute approximate surface area is 141 Å². The molecule has 0 unspecified atom stereocenters. The Hall–Kier alpha value is -2.42. The van der Waals surface area contributed by atoms with Gasteiger partial charge in [-0.15, -0.1) is 0 Å². The second-order valence-electron chi connectivity index (χ2n) is 5.62. The van der Waals surface area contributed by atoms with Crippen molar-refractivity contribution in [3.05, 3.63) is 53.9 Å². The zero-order valence-corrected chi connectivity index (χ0v) is 13.3. The van der Waals surface area contributed by atoms with E-state index in [0.29, 0.717) is 6.42 Å². The number of aryl methyl sites for hydroxylation is 1. The van der Waals surface area contributed by atoms with Crippen molar-refractivity contribution < 1.29 is 27.5 Å². The van der Waals surface area contributed by atoms with Crippen LogP contribution in [0.2, 0.25) is 0 Å². The molecular formula is C16H17F4N3O2. The monoisotopic (exact) mass is 359 g/mol. The lowest BCUT2D eigenvalue weighted by Crippen LogP contribution is -2.48. The summed E-state index contributed by atoms with van der Waals surface area (Å²) >= 11 is 0. The van der Waals surface area contributed by atoms with Crippen molar-refractivity contribution in [2.75, 3.05) is 6.54 Å². The van der Waals surface area contributed by atoms with Crippen LogP contribution in [0, 0.1) is 5.82 Å². The SMILES string of the molecule is Cn1ccnc1[C@@](O)(CC(=O)NCCc1ccc(F)cc1)C(F)(F)F. The number of benzene rings is 1. The van der Waals surface area contributed by atoms with Crippen LogP contribution in [0.25, 0.3) is 0 Å². The standard InChI is InChI=1S/C16H17F4N3O2/c1-23-9-8-22-14(23)15(25,16(18,19)20)10-13(24)21-7-6-11-2-4-12(17)5-3-11/h2-5,8-9,25H,6-7,10H2,1H3,(H,21,24)/t15-/m0/s1. The minimum atomic E-state index is -5.07. The number of alkyl halides is 3. The van der Waals surface area contributed by atoms with Crippen molar-refractivity contribution in [1.82, 2.24) is 14.9 Å². The van der Waals surface area contributed by atoms with Gasteiger partial charge in [-0.2, -0.15) is 13.2 Å². The zero-order valence-electron chi connectivity index (χ0n) is 13.3. The molecule has 0 aliphatic carbocycles. The van der Waals surface area contributed by atoms with Gasteiger partial charge in [-0.3, -0.25) is 4.79 Å². The fourth-order valence-corrected chi connectivity index (χ4v) is 2.36. The normalized spacial score (nSPS) is 14.2. The average molecular weight is 359 g/mol. The summed E-state index contributed by atoms with van der Waals surface area (Å²) < 4.78 is 53.7. The van der Waals surface area contributed by atoms with Gasteiger partial charge in [0.25, 0.3) is 0 Å². The largest absolute Gasteiger partial charge is 0.425 e. The van der Waals surface area contributed by atoms with Crippen molar-refractivity contribution in [2.24, 2.45) is 7.05 Å². The molecule has 0 spiro atoms. The van der Waals surface area contributed by atoms with Crippen LogP contribution in [-0.2, 0) is 23.9 Å². The third-order valence-electron chi connectivity index (χ3n) is 3.73. The van der Waals surface area contributed by atoms with E-state index in [1.54, 1.807) is 0 Å². The van der Waals surface area contributed by atoms with Crippen LogP contribution in [0.1, 0.15) is 17.8 Å². The smallest absolute Gasteiger partial charge is 0.374 e. The van der Waals surface area contributed by atoms with Gasteiger partial charge >= 0.3 is 6.18 Å². The first-order valence-corrected chi connectivity index (χ1v) is 7.41. The first-order valence-electron chi connectivity index (χ1n) is 7.41. The van der Waals surface area contributed by atoms with E-state index in [1.165, 1.54) is 37.5 Å². The Morgan fingerprint density at radius 2 is 1.92 bits per heavy atom. The molecule has 5 nitrogen and oxygen atoms in total. The van der Waals surface area contributed by atoms with Crippen molar-refractivity contribution in [2.45, 2.75) is 24.6 Å². The highest BCUT2D eigenvalue weighted by molar-refractivity contribution is 5.77. The van der Waals surface area contributed by atoms with E-state index < -0.39 is 35.7 Å². The highest BCUT2D eigenvalue weighted by atomic mass is 19.4. The van der Waals surface area contributed by atoms with Crippen LogP contribution in [0.5, 0.6) is 0 Å². The molecule has 0 aliphatic rings. The van der Waals surface area contributed by atoms with Gasteiger partial charge in [-0.25, -0.2) is 9.37 Å². The summed E-state index contributed by atoms with van der Waals surface area (Å²) in [5.41, 5.74) is -2.66. The number of halogens is 4. The molecule has 0 fully saturated rings. The third-order valence-corrected chi connectivity index (χ3v) is 3.73. The number of aromatic nitrogens is 2. The Bertz CT molecular complexity index is 728. The van der Waals surface area contributed by atoms with E-state index in [2.05, 4.69) is 10.3 Å². The molecular weight excluding hydrogens is 342 g/mol. The van der Waals surface area contributed by atoms with E-state index in [1.807, 2.05) is 0 Å². The number of nitrogens with one attached hydrogen (secondary N) is 1. The Morgan fingerprint density at radius 3 is 2.44 bits per heavy atom. The van der Waals surface area contributed by atoms with Crippen molar-refractivity contribution in [1.29, 1.82) is 0 Å². The van der Waals surface area contributed by atoms with Crippen LogP contribution in [0.4, 0.5) is 17.6 Å². The molecule has 9 heteroatoms. The van der Waals surface area contributed by atoms with Crippen molar-refractivity contribution in [3.8, 4) is 0 Å². The molecule has 0 aliphatic heterocycles. The number of imidazole rings is 1. The quantitative estimate of drug-likeness (QED) is 0.776. The average Bonchev–Trinajstić information content (AvgIpc) is 2.94. The Morgan fingerprint density at radius 1 is 1.28 bits per heavy atom. The zero-order chi connectivity index (χ0) is 18.7. The minimum absolute atomic E-state index is 0.0545. The molecule has 2 rings (SSSR count). The molecule has 25 heavy (non-hydrogen) atoms. The summed E-state index contributed by atoms with van der Waals surface area (Å²) in [4.78, 5) is 15.4. The maximum absolute atomic E-state index is 13.3. The summed E-state index contributed by atoms with van der Waals surface area (Å²) in [6.07, 6.45) is -3.60. The Balaban J connectivity index is 2.00. The van der Waals surface area contributed by atoms with Crippen LogP contribution in [0.15, 0.2) is 36.7 Å². The molecule has 0 saturated heterocycles. The number of carbonyl (C=O) groups is 1. The van der Waals surface area contributed by atoms with Crippen LogP contribution >= 0.6 is 0 Å². The summed E-state index contributed by atoms with van der Waals surface area (Å²) in [5.74, 6) is -2.03. The summed E-state index contributed by atoms with van der Waals surface area (Å²) in [7, 11) is 1.30. The lowest BCUT2D eigenvalue weighted by Gasteiger charge is -2.29. The van der Waals surface area contributed by atoms with Gasteiger partial charge in [0, 0.05) is 26.0 Å². The van der Waals surface area contributed by atoms with E-state index in [9.17, 15) is 27.5 Å². The molecule has 0 saturated carbocycles. The summed E-state index contributed by atoms with van der Waals surface area (Å²) in [5, 5.41) is 12.4. The fraction of sp³-hybridized carbons (Fsp3) is 0.375. The second kappa shape index (κ2) is 7.22. The van der Waals surface area contributed by atoms with E-state index in [0.717, 1.165) is 16.3 Å². The molecule has 0 bridgehead atoms. The lowest BCUT2D eigenvalue weighted by molar-refractivity contribution is -0.271. The third kappa shape index (κ3) is 4.36. The molecule has 2 aromatic rings. The fourth-order valence-electron chi connectivity index (χ4n) is 2.36. The lowest BCUT2D eigenvalue weighted by atomic mass is 9.97. The first-order chi connectivity index (χ1) is 11.6. The Kier molecular flexibility index (Phi) is 5.46. The van der Waals surface area contributed by atoms with Gasteiger partial charge in [0.1, 0.15) is 5.82 Å². The molecule has 136 valence electrons. The van der Waals surface area contributed by atoms with Gasteiger partial charge in [0.15, 0.2) is 5.82 Å². The van der Waals surface area contributed by atoms with Gasteiger partial charge < -0.3 is 15.0 Å². The maximum Gasteiger partial charge on any atom is 0.425 e. The van der Waals surface area contributed by atoms with Crippen molar-refractivity contribution >= 4 is 5.91 Å². The van der Waals surface area contributed by atoms with Crippen molar-refractivity contribution in [3.63, 3.8) is 0 Å². The molecule has 1 aromatic carbocycles. The van der Waals surface area contributed by atoms with E-state index >= 15 is 0 Å². The van der Waals surface area contributed by atoms with Gasteiger partial charge in [0.05, 0.1) is 6.42 Å². The van der Waals surface area contributed by atoms with Gasteiger partial charge in [-0.1, -0.05) is 12.1 Å². The highest BCUT2D eigenvalue weighted by Gasteiger charge is 2.58. The number of carbonyl (C=O) groups excluding carboxylic acids is 1. The van der Waals surface area contributed by atoms with Crippen LogP contribution in [-0.4, -0.2) is 33.3 Å². The predicted octanol–water partition coefficient (Wildman–Crippen LogP) is 2.06. The topological polar surface area (TPSA) is 67.1 Å². The molecule has 1 amide bonds. The number of aliphatic hydroxyl groups is 1. The van der Waals surface area contributed by atoms with Crippen LogP contribution in [0.3, 0.4) is 0 Å². The number of amides is 1. The van der Waals surface area contributed by atoms with E-state index in [4.69, 9.17) is 0 Å². The molecule has 2 N–H and O–H groups in total. The molecule has 0 radical (unpaired) electrons. The van der Waals surface area contributed by atoms with Gasteiger partial charge in [0.2, 0.25) is 11.5 Å².